The number of ether oxygens (including phenoxy) is 2. The number of benzene rings is 1. The number of halogens is 4. The Bertz CT molecular complexity index is 603. The molecular weight excluding hydrogens is 341 g/mol. The predicted octanol–water partition coefficient (Wildman–Crippen LogP) is 4.06. The van der Waals surface area contributed by atoms with E-state index in [1.165, 1.54) is 7.11 Å². The van der Waals surface area contributed by atoms with E-state index in [0.29, 0.717) is 16.0 Å². The molecular formula is C12H8BrF3N2O2. The van der Waals surface area contributed by atoms with Gasteiger partial charge < -0.3 is 9.47 Å². The van der Waals surface area contributed by atoms with Crippen LogP contribution in [-0.2, 0) is 6.18 Å². The highest BCUT2D eigenvalue weighted by Gasteiger charge is 2.34. The van der Waals surface area contributed by atoms with E-state index in [1.807, 2.05) is 0 Å². The van der Waals surface area contributed by atoms with Crippen molar-refractivity contribution in [1.29, 1.82) is 0 Å². The van der Waals surface area contributed by atoms with Crippen molar-refractivity contribution in [3.8, 4) is 17.2 Å². The van der Waals surface area contributed by atoms with Gasteiger partial charge in [0, 0.05) is 10.5 Å². The number of nitrogens with zero attached hydrogens (tertiary/aromatic N) is 2. The zero-order chi connectivity index (χ0) is 14.8. The molecule has 2 rings (SSSR count). The third-order valence-electron chi connectivity index (χ3n) is 2.20. The Balaban J connectivity index is 2.20. The number of rotatable bonds is 3. The minimum Gasteiger partial charge on any atom is -0.497 e. The van der Waals surface area contributed by atoms with Gasteiger partial charge >= 0.3 is 6.18 Å². The van der Waals surface area contributed by atoms with Crippen LogP contribution >= 0.6 is 15.9 Å². The normalized spacial score (nSPS) is 11.2. The van der Waals surface area contributed by atoms with Crippen molar-refractivity contribution in [2.24, 2.45) is 0 Å². The Kier molecular flexibility index (Phi) is 4.12. The third-order valence-corrected chi connectivity index (χ3v) is 2.66. The maximum absolute atomic E-state index is 12.3. The lowest BCUT2D eigenvalue weighted by Gasteiger charge is -2.09. The Morgan fingerprint density at radius 1 is 1.00 bits per heavy atom. The predicted molar refractivity (Wildman–Crippen MR) is 67.8 cm³/mol. The summed E-state index contributed by atoms with van der Waals surface area (Å²) < 4.78 is 48.1. The summed E-state index contributed by atoms with van der Waals surface area (Å²) in [5.41, 5.74) is 0. The van der Waals surface area contributed by atoms with Gasteiger partial charge in [0.2, 0.25) is 5.82 Å². The molecule has 0 radical (unpaired) electrons. The minimum absolute atomic E-state index is 0.0955. The lowest BCUT2D eigenvalue weighted by molar-refractivity contribution is -0.145. The molecule has 0 atom stereocenters. The fraction of sp³-hybridized carbons (Fsp3) is 0.167. The van der Waals surface area contributed by atoms with E-state index in [0.717, 1.165) is 12.4 Å². The second kappa shape index (κ2) is 5.66. The SMILES string of the molecule is COc1cc(Br)cc(Oc2cnc(C(F)(F)F)nc2)c1. The van der Waals surface area contributed by atoms with Crippen molar-refractivity contribution in [1.82, 2.24) is 9.97 Å². The molecule has 20 heavy (non-hydrogen) atoms. The van der Waals surface area contributed by atoms with Crippen molar-refractivity contribution >= 4 is 15.9 Å². The van der Waals surface area contributed by atoms with E-state index in [-0.39, 0.29) is 5.75 Å². The summed E-state index contributed by atoms with van der Waals surface area (Å²) in [5, 5.41) is 0. The Morgan fingerprint density at radius 2 is 1.60 bits per heavy atom. The van der Waals surface area contributed by atoms with Gasteiger partial charge in [0.1, 0.15) is 11.5 Å². The fourth-order valence-electron chi connectivity index (χ4n) is 1.37. The van der Waals surface area contributed by atoms with Crippen molar-refractivity contribution in [3.63, 3.8) is 0 Å². The highest BCUT2D eigenvalue weighted by atomic mass is 79.9. The zero-order valence-corrected chi connectivity index (χ0v) is 11.7. The summed E-state index contributed by atoms with van der Waals surface area (Å²) in [7, 11) is 1.49. The molecule has 0 amide bonds. The number of hydrogen-bond donors (Lipinski definition) is 0. The first-order valence-electron chi connectivity index (χ1n) is 5.30. The number of methoxy groups -OCH3 is 1. The van der Waals surface area contributed by atoms with Crippen LogP contribution < -0.4 is 9.47 Å². The van der Waals surface area contributed by atoms with E-state index in [4.69, 9.17) is 9.47 Å². The number of alkyl halides is 3. The molecule has 0 aliphatic carbocycles. The number of aromatic nitrogens is 2. The molecule has 4 nitrogen and oxygen atoms in total. The van der Waals surface area contributed by atoms with Gasteiger partial charge in [-0.25, -0.2) is 9.97 Å². The first-order valence-corrected chi connectivity index (χ1v) is 6.09. The Hall–Kier alpha value is -1.83. The maximum atomic E-state index is 12.3. The summed E-state index contributed by atoms with van der Waals surface area (Å²) >= 11 is 3.26. The second-order valence-electron chi connectivity index (χ2n) is 3.67. The van der Waals surface area contributed by atoms with E-state index >= 15 is 0 Å². The molecule has 0 saturated carbocycles. The smallest absolute Gasteiger partial charge is 0.451 e. The van der Waals surface area contributed by atoms with E-state index in [2.05, 4.69) is 25.9 Å². The molecule has 1 aromatic carbocycles. The molecule has 0 aliphatic rings. The first-order chi connectivity index (χ1) is 9.38. The van der Waals surface area contributed by atoms with Gasteiger partial charge in [0.15, 0.2) is 5.75 Å². The van der Waals surface area contributed by atoms with Crippen LogP contribution in [0.2, 0.25) is 0 Å². The summed E-state index contributed by atoms with van der Waals surface area (Å²) in [4.78, 5) is 6.41. The van der Waals surface area contributed by atoms with Crippen LogP contribution in [0.3, 0.4) is 0 Å². The molecule has 0 bridgehead atoms. The molecule has 1 heterocycles. The van der Waals surface area contributed by atoms with Crippen LogP contribution in [0.4, 0.5) is 13.2 Å². The second-order valence-corrected chi connectivity index (χ2v) is 4.58. The average Bonchev–Trinajstić information content (AvgIpc) is 2.37. The van der Waals surface area contributed by atoms with Crippen molar-refractivity contribution < 1.29 is 22.6 Å². The van der Waals surface area contributed by atoms with Crippen LogP contribution in [0, 0.1) is 0 Å². The van der Waals surface area contributed by atoms with E-state index in [9.17, 15) is 13.2 Å². The van der Waals surface area contributed by atoms with Gasteiger partial charge in [-0.15, -0.1) is 0 Å². The molecule has 0 fully saturated rings. The molecule has 8 heteroatoms. The Morgan fingerprint density at radius 3 is 2.15 bits per heavy atom. The van der Waals surface area contributed by atoms with Gasteiger partial charge in [0.05, 0.1) is 19.5 Å². The van der Waals surface area contributed by atoms with Crippen LogP contribution in [0.25, 0.3) is 0 Å². The lowest BCUT2D eigenvalue weighted by Crippen LogP contribution is -2.10. The fourth-order valence-corrected chi connectivity index (χ4v) is 1.82. The van der Waals surface area contributed by atoms with Crippen molar-refractivity contribution in [2.75, 3.05) is 7.11 Å². The quantitative estimate of drug-likeness (QED) is 0.838. The summed E-state index contributed by atoms with van der Waals surface area (Å²) in [6.07, 6.45) is -2.65. The zero-order valence-electron chi connectivity index (χ0n) is 10.1. The lowest BCUT2D eigenvalue weighted by atomic mass is 10.3. The molecule has 0 N–H and O–H groups in total. The maximum Gasteiger partial charge on any atom is 0.451 e. The molecule has 2 aromatic rings. The van der Waals surface area contributed by atoms with Gasteiger partial charge in [-0.05, 0) is 12.1 Å². The standard InChI is InChI=1S/C12H8BrF3N2O2/c1-19-8-2-7(13)3-9(4-8)20-10-5-17-11(18-6-10)12(14,15)16/h2-6H,1H3. The highest BCUT2D eigenvalue weighted by Crippen LogP contribution is 2.30. The number of hydrogen-bond acceptors (Lipinski definition) is 4. The van der Waals surface area contributed by atoms with Gasteiger partial charge in [-0.2, -0.15) is 13.2 Å². The van der Waals surface area contributed by atoms with Crippen LogP contribution in [0.15, 0.2) is 35.1 Å². The molecule has 0 unspecified atom stereocenters. The van der Waals surface area contributed by atoms with Crippen LogP contribution in [0.1, 0.15) is 5.82 Å². The third kappa shape index (κ3) is 3.60. The largest absolute Gasteiger partial charge is 0.497 e. The monoisotopic (exact) mass is 348 g/mol. The molecule has 0 spiro atoms. The topological polar surface area (TPSA) is 44.2 Å². The van der Waals surface area contributed by atoms with Gasteiger partial charge in [-0.3, -0.25) is 0 Å². The minimum atomic E-state index is -4.57. The molecule has 0 saturated heterocycles. The molecule has 106 valence electrons. The van der Waals surface area contributed by atoms with Crippen LogP contribution in [-0.4, -0.2) is 17.1 Å². The summed E-state index contributed by atoms with van der Waals surface area (Å²) in [5.74, 6) is -0.184. The van der Waals surface area contributed by atoms with Crippen molar-refractivity contribution in [2.45, 2.75) is 6.18 Å². The highest BCUT2D eigenvalue weighted by molar-refractivity contribution is 9.10. The van der Waals surface area contributed by atoms with Gasteiger partial charge in [-0.1, -0.05) is 15.9 Å². The van der Waals surface area contributed by atoms with Crippen LogP contribution in [0.5, 0.6) is 17.2 Å². The molecule has 0 aliphatic heterocycles. The summed E-state index contributed by atoms with van der Waals surface area (Å²) in [6, 6.07) is 4.94. The summed E-state index contributed by atoms with van der Waals surface area (Å²) in [6.45, 7) is 0. The van der Waals surface area contributed by atoms with Crippen molar-refractivity contribution in [3.05, 3.63) is 40.9 Å². The Labute approximate surface area is 120 Å². The van der Waals surface area contributed by atoms with E-state index in [1.54, 1.807) is 18.2 Å². The molecule has 1 aromatic heterocycles. The average molecular weight is 349 g/mol. The van der Waals surface area contributed by atoms with Gasteiger partial charge in [0.25, 0.3) is 0 Å². The first kappa shape index (κ1) is 14.6. The van der Waals surface area contributed by atoms with E-state index < -0.39 is 12.0 Å².